The van der Waals surface area contributed by atoms with Crippen LogP contribution in [0.25, 0.3) is 11.1 Å². The smallest absolute Gasteiger partial charge is 0.423 e. The molecule has 4 aromatic carbocycles. The largest absolute Gasteiger partial charge is 0.488 e. The molecular formula is C33H36B2O4. The zero-order valence-electron chi connectivity index (χ0n) is 23.5. The highest BCUT2D eigenvalue weighted by molar-refractivity contribution is 6.59. The molecule has 0 radical (unpaired) electrons. The Morgan fingerprint density at radius 2 is 0.821 bits per heavy atom. The van der Waals surface area contributed by atoms with E-state index in [1.807, 2.05) is 24.3 Å². The molecule has 39 heavy (non-hydrogen) atoms. The van der Waals surface area contributed by atoms with Gasteiger partial charge in [0.1, 0.15) is 0 Å². The van der Waals surface area contributed by atoms with Crippen molar-refractivity contribution in [2.75, 3.05) is 0 Å². The van der Waals surface area contributed by atoms with Crippen molar-refractivity contribution in [2.24, 2.45) is 0 Å². The zero-order chi connectivity index (χ0) is 28.3. The maximum Gasteiger partial charge on any atom is 0.488 e. The molecule has 0 amide bonds. The Balaban J connectivity index is 1.90. The van der Waals surface area contributed by atoms with Gasteiger partial charge in [-0.15, -0.1) is 0 Å². The fourth-order valence-corrected chi connectivity index (χ4v) is 5.91. The van der Waals surface area contributed by atoms with Crippen LogP contribution < -0.4 is 10.9 Å². The third-order valence-electron chi connectivity index (χ3n) is 8.15. The first kappa shape index (κ1) is 27.4. The molecule has 1 aliphatic carbocycles. The van der Waals surface area contributed by atoms with E-state index in [1.54, 1.807) is 12.1 Å². The molecule has 0 atom stereocenters. The molecule has 198 valence electrons. The Hall–Kier alpha value is -3.15. The van der Waals surface area contributed by atoms with Crippen molar-refractivity contribution in [1.29, 1.82) is 0 Å². The van der Waals surface area contributed by atoms with Gasteiger partial charge in [0.2, 0.25) is 0 Å². The first-order valence-electron chi connectivity index (χ1n) is 13.5. The van der Waals surface area contributed by atoms with E-state index in [2.05, 4.69) is 90.1 Å². The Labute approximate surface area is 232 Å². The molecule has 0 fully saturated rings. The summed E-state index contributed by atoms with van der Waals surface area (Å²) in [5.74, 6) is 0. The third-order valence-corrected chi connectivity index (χ3v) is 8.15. The average molecular weight is 518 g/mol. The lowest BCUT2D eigenvalue weighted by Crippen LogP contribution is -2.35. The van der Waals surface area contributed by atoms with Gasteiger partial charge >= 0.3 is 14.2 Å². The summed E-state index contributed by atoms with van der Waals surface area (Å²) >= 11 is 0. The minimum absolute atomic E-state index is 0.0200. The number of fused-ring (bicyclic) bond motifs is 3. The van der Waals surface area contributed by atoms with Crippen molar-refractivity contribution in [1.82, 2.24) is 0 Å². The summed E-state index contributed by atoms with van der Waals surface area (Å²) in [5, 5.41) is 40.6. The summed E-state index contributed by atoms with van der Waals surface area (Å²) in [6.07, 6.45) is 0. The van der Waals surface area contributed by atoms with Crippen molar-refractivity contribution in [2.45, 2.75) is 57.8 Å². The van der Waals surface area contributed by atoms with Crippen LogP contribution in [0.3, 0.4) is 0 Å². The zero-order valence-corrected chi connectivity index (χ0v) is 23.5. The topological polar surface area (TPSA) is 80.9 Å². The van der Waals surface area contributed by atoms with Gasteiger partial charge in [-0.2, -0.15) is 0 Å². The summed E-state index contributed by atoms with van der Waals surface area (Å²) in [6, 6.07) is 28.4. The van der Waals surface area contributed by atoms with Crippen LogP contribution in [0.1, 0.15) is 74.9 Å². The first-order valence-corrected chi connectivity index (χ1v) is 13.5. The molecule has 0 saturated carbocycles. The van der Waals surface area contributed by atoms with E-state index in [4.69, 9.17) is 0 Å². The van der Waals surface area contributed by atoms with Crippen LogP contribution in [0.15, 0.2) is 84.9 Å². The molecule has 0 unspecified atom stereocenters. The van der Waals surface area contributed by atoms with E-state index in [1.165, 1.54) is 11.1 Å². The van der Waals surface area contributed by atoms with Gasteiger partial charge in [-0.05, 0) is 66.3 Å². The highest BCUT2D eigenvalue weighted by atomic mass is 16.4. The monoisotopic (exact) mass is 518 g/mol. The lowest BCUT2D eigenvalue weighted by atomic mass is 9.64. The second-order valence-corrected chi connectivity index (χ2v) is 12.8. The second-order valence-electron chi connectivity index (χ2n) is 12.8. The van der Waals surface area contributed by atoms with E-state index in [9.17, 15) is 20.1 Å². The van der Waals surface area contributed by atoms with Crippen LogP contribution in [0.2, 0.25) is 0 Å². The van der Waals surface area contributed by atoms with Crippen molar-refractivity contribution < 1.29 is 20.1 Å². The van der Waals surface area contributed by atoms with Crippen molar-refractivity contribution in [3.8, 4) is 11.1 Å². The first-order chi connectivity index (χ1) is 18.2. The van der Waals surface area contributed by atoms with Crippen LogP contribution >= 0.6 is 0 Å². The van der Waals surface area contributed by atoms with E-state index in [-0.39, 0.29) is 10.8 Å². The van der Waals surface area contributed by atoms with Gasteiger partial charge in [0.05, 0.1) is 5.41 Å². The third kappa shape index (κ3) is 4.56. The van der Waals surface area contributed by atoms with Crippen LogP contribution in [0.5, 0.6) is 0 Å². The highest BCUT2D eigenvalue weighted by Crippen LogP contribution is 2.56. The van der Waals surface area contributed by atoms with E-state index in [0.29, 0.717) is 10.9 Å². The molecule has 6 heteroatoms. The molecule has 0 aromatic heterocycles. The lowest BCUT2D eigenvalue weighted by Gasteiger charge is -2.35. The predicted octanol–water partition coefficient (Wildman–Crippen LogP) is 4.00. The molecule has 5 rings (SSSR count). The quantitative estimate of drug-likeness (QED) is 0.271. The van der Waals surface area contributed by atoms with Crippen molar-refractivity contribution in [3.63, 3.8) is 0 Å². The fourth-order valence-electron chi connectivity index (χ4n) is 5.91. The van der Waals surface area contributed by atoms with Gasteiger partial charge in [0.15, 0.2) is 0 Å². The number of hydrogen-bond donors (Lipinski definition) is 4. The van der Waals surface area contributed by atoms with Crippen molar-refractivity contribution in [3.05, 3.63) is 118 Å². The molecule has 0 aliphatic heterocycles. The molecule has 1 aliphatic rings. The summed E-state index contributed by atoms with van der Waals surface area (Å²) in [7, 11) is -3.23. The van der Waals surface area contributed by atoms with Gasteiger partial charge in [0.25, 0.3) is 0 Å². The van der Waals surface area contributed by atoms with Crippen LogP contribution in [-0.4, -0.2) is 34.3 Å². The fraction of sp³-hybridized carbons (Fsp3) is 0.273. The Morgan fingerprint density at radius 3 is 1.10 bits per heavy atom. The molecule has 4 nitrogen and oxygen atoms in total. The van der Waals surface area contributed by atoms with Gasteiger partial charge in [-0.3, -0.25) is 0 Å². The summed E-state index contributed by atoms with van der Waals surface area (Å²) < 4.78 is 0. The highest BCUT2D eigenvalue weighted by Gasteiger charge is 2.47. The maximum absolute atomic E-state index is 10.1. The van der Waals surface area contributed by atoms with Crippen LogP contribution in [0.4, 0.5) is 0 Å². The van der Waals surface area contributed by atoms with Gasteiger partial charge < -0.3 is 20.1 Å². The molecule has 0 spiro atoms. The Bertz CT molecular complexity index is 1390. The molecule has 0 saturated heterocycles. The van der Waals surface area contributed by atoms with Gasteiger partial charge in [-0.1, -0.05) is 126 Å². The predicted molar refractivity (Wildman–Crippen MR) is 161 cm³/mol. The van der Waals surface area contributed by atoms with E-state index >= 15 is 0 Å². The number of rotatable bonds is 4. The number of hydrogen-bond acceptors (Lipinski definition) is 4. The van der Waals surface area contributed by atoms with Crippen molar-refractivity contribution >= 4 is 25.2 Å². The SMILES string of the molecule is CC(C)(C)c1ccc(C2(c3ccc(C(C)(C)C)cc3)c3cc(B(O)O)ccc3-c3ccc(B(O)O)cc32)cc1. The summed E-state index contributed by atoms with van der Waals surface area (Å²) in [6.45, 7) is 13.1. The number of benzene rings is 4. The van der Waals surface area contributed by atoms with E-state index in [0.717, 1.165) is 33.4 Å². The maximum atomic E-state index is 10.1. The summed E-state index contributed by atoms with van der Waals surface area (Å²) in [5.41, 5.74) is 8.25. The minimum Gasteiger partial charge on any atom is -0.423 e. The molecular weight excluding hydrogens is 482 g/mol. The van der Waals surface area contributed by atoms with E-state index < -0.39 is 19.7 Å². The molecule has 4 N–H and O–H groups in total. The second kappa shape index (κ2) is 9.50. The molecule has 4 aromatic rings. The van der Waals surface area contributed by atoms with Crippen LogP contribution in [-0.2, 0) is 16.2 Å². The average Bonchev–Trinajstić information content (AvgIpc) is 3.17. The molecule has 0 heterocycles. The Kier molecular flexibility index (Phi) is 6.68. The Morgan fingerprint density at radius 1 is 0.487 bits per heavy atom. The standard InChI is InChI=1S/C33H36B2O4/c1-31(2,3)21-7-11-23(12-8-21)33(24-13-9-22(10-14-24)32(4,5)6)29-19-25(34(36)37)15-17-27(29)28-18-16-26(35(38)39)20-30(28)33/h7-20,36-39H,1-6H3. The lowest BCUT2D eigenvalue weighted by molar-refractivity contribution is 0.424. The van der Waals surface area contributed by atoms with Gasteiger partial charge in [0, 0.05) is 0 Å². The normalized spacial score (nSPS) is 14.1. The minimum atomic E-state index is -1.61. The molecule has 0 bridgehead atoms. The summed E-state index contributed by atoms with van der Waals surface area (Å²) in [4.78, 5) is 0. The van der Waals surface area contributed by atoms with Crippen LogP contribution in [0, 0.1) is 0 Å². The van der Waals surface area contributed by atoms with Gasteiger partial charge in [-0.25, -0.2) is 0 Å².